The Bertz CT molecular complexity index is 341. The first kappa shape index (κ1) is 11.7. The average Bonchev–Trinajstić information content (AvgIpc) is 2.98. The molecule has 0 aromatic heterocycles. The van der Waals surface area contributed by atoms with Gasteiger partial charge >= 0.3 is 0 Å². The predicted molar refractivity (Wildman–Crippen MR) is 69.5 cm³/mol. The molecule has 0 saturated heterocycles. The minimum absolute atomic E-state index is 0.715. The van der Waals surface area contributed by atoms with Gasteiger partial charge in [-0.1, -0.05) is 18.5 Å². The molecule has 2 rings (SSSR count). The molecule has 0 spiro atoms. The van der Waals surface area contributed by atoms with Gasteiger partial charge in [0.25, 0.3) is 0 Å². The SMILES string of the molecule is CC(CNCc1cc(N)cc(Cl)c1)C1CC1. The number of halogens is 1. The molecular formula is C13H19ClN2. The first-order chi connectivity index (χ1) is 7.65. The number of nitrogen functional groups attached to an aromatic ring is 1. The Morgan fingerprint density at radius 3 is 2.81 bits per heavy atom. The van der Waals surface area contributed by atoms with Gasteiger partial charge in [-0.15, -0.1) is 0 Å². The van der Waals surface area contributed by atoms with E-state index in [-0.39, 0.29) is 0 Å². The Morgan fingerprint density at radius 2 is 2.19 bits per heavy atom. The maximum Gasteiger partial charge on any atom is 0.0429 e. The van der Waals surface area contributed by atoms with Crippen molar-refractivity contribution in [2.75, 3.05) is 12.3 Å². The van der Waals surface area contributed by atoms with Crippen molar-refractivity contribution in [2.24, 2.45) is 11.8 Å². The van der Waals surface area contributed by atoms with Crippen molar-refractivity contribution in [3.8, 4) is 0 Å². The van der Waals surface area contributed by atoms with Crippen molar-refractivity contribution in [2.45, 2.75) is 26.3 Å². The molecule has 0 heterocycles. The fourth-order valence-electron chi connectivity index (χ4n) is 2.05. The van der Waals surface area contributed by atoms with Crippen molar-refractivity contribution in [3.05, 3.63) is 28.8 Å². The molecule has 1 saturated carbocycles. The van der Waals surface area contributed by atoms with Crippen LogP contribution in [0.1, 0.15) is 25.3 Å². The van der Waals surface area contributed by atoms with E-state index in [1.54, 1.807) is 6.07 Å². The summed E-state index contributed by atoms with van der Waals surface area (Å²) in [4.78, 5) is 0. The highest BCUT2D eigenvalue weighted by atomic mass is 35.5. The Kier molecular flexibility index (Phi) is 3.72. The van der Waals surface area contributed by atoms with E-state index >= 15 is 0 Å². The summed E-state index contributed by atoms with van der Waals surface area (Å²) in [6.45, 7) is 4.25. The summed E-state index contributed by atoms with van der Waals surface area (Å²) in [6.07, 6.45) is 2.82. The fourth-order valence-corrected chi connectivity index (χ4v) is 2.32. The van der Waals surface area contributed by atoms with Gasteiger partial charge in [-0.3, -0.25) is 0 Å². The van der Waals surface area contributed by atoms with E-state index in [1.165, 1.54) is 12.8 Å². The second-order valence-corrected chi connectivity index (χ2v) is 5.27. The first-order valence-electron chi connectivity index (χ1n) is 5.91. The summed E-state index contributed by atoms with van der Waals surface area (Å²) in [5, 5.41) is 4.18. The Labute approximate surface area is 102 Å². The van der Waals surface area contributed by atoms with Gasteiger partial charge in [0.05, 0.1) is 0 Å². The van der Waals surface area contributed by atoms with Crippen molar-refractivity contribution in [1.82, 2.24) is 5.32 Å². The number of benzene rings is 1. The van der Waals surface area contributed by atoms with E-state index in [9.17, 15) is 0 Å². The number of hydrogen-bond acceptors (Lipinski definition) is 2. The molecule has 1 aromatic rings. The minimum Gasteiger partial charge on any atom is -0.399 e. The van der Waals surface area contributed by atoms with Gasteiger partial charge < -0.3 is 11.1 Å². The highest BCUT2D eigenvalue weighted by Crippen LogP contribution is 2.36. The van der Waals surface area contributed by atoms with Crippen LogP contribution in [-0.2, 0) is 6.54 Å². The van der Waals surface area contributed by atoms with Crippen LogP contribution in [0.3, 0.4) is 0 Å². The first-order valence-corrected chi connectivity index (χ1v) is 6.28. The van der Waals surface area contributed by atoms with Gasteiger partial charge in [0.15, 0.2) is 0 Å². The summed E-state index contributed by atoms with van der Waals surface area (Å²) < 4.78 is 0. The largest absolute Gasteiger partial charge is 0.399 e. The van der Waals surface area contributed by atoms with Crippen LogP contribution in [0, 0.1) is 11.8 Å². The highest BCUT2D eigenvalue weighted by molar-refractivity contribution is 6.30. The van der Waals surface area contributed by atoms with Crippen LogP contribution in [0.4, 0.5) is 5.69 Å². The molecule has 1 unspecified atom stereocenters. The highest BCUT2D eigenvalue weighted by Gasteiger charge is 2.27. The normalized spacial score (nSPS) is 17.4. The predicted octanol–water partition coefficient (Wildman–Crippen LogP) is 3.06. The molecule has 3 heteroatoms. The van der Waals surface area contributed by atoms with Crippen LogP contribution in [-0.4, -0.2) is 6.54 Å². The van der Waals surface area contributed by atoms with Crippen molar-refractivity contribution < 1.29 is 0 Å². The zero-order valence-corrected chi connectivity index (χ0v) is 10.4. The average molecular weight is 239 g/mol. The Morgan fingerprint density at radius 1 is 1.44 bits per heavy atom. The minimum atomic E-state index is 0.715. The molecule has 3 N–H and O–H groups in total. The summed E-state index contributed by atoms with van der Waals surface area (Å²) in [5.41, 5.74) is 7.63. The lowest BCUT2D eigenvalue weighted by molar-refractivity contribution is 0.461. The Hall–Kier alpha value is -0.730. The Balaban J connectivity index is 1.79. The quantitative estimate of drug-likeness (QED) is 0.774. The van der Waals surface area contributed by atoms with Crippen LogP contribution in [0.2, 0.25) is 5.02 Å². The lowest BCUT2D eigenvalue weighted by atomic mass is 10.1. The van der Waals surface area contributed by atoms with E-state index in [2.05, 4.69) is 12.2 Å². The van der Waals surface area contributed by atoms with E-state index in [0.29, 0.717) is 5.02 Å². The van der Waals surface area contributed by atoms with Gasteiger partial charge in [0.1, 0.15) is 0 Å². The zero-order chi connectivity index (χ0) is 11.5. The molecule has 1 aromatic carbocycles. The summed E-state index contributed by atoms with van der Waals surface area (Å²) in [6, 6.07) is 5.71. The molecule has 1 fully saturated rings. The molecule has 0 aliphatic heterocycles. The van der Waals surface area contributed by atoms with E-state index in [0.717, 1.165) is 36.2 Å². The van der Waals surface area contributed by atoms with Crippen molar-refractivity contribution in [3.63, 3.8) is 0 Å². The topological polar surface area (TPSA) is 38.0 Å². The standard InChI is InChI=1S/C13H19ClN2/c1-9(11-2-3-11)7-16-8-10-4-12(14)6-13(15)5-10/h4-6,9,11,16H,2-3,7-8,15H2,1H3. The van der Waals surface area contributed by atoms with Gasteiger partial charge in [0, 0.05) is 17.3 Å². The smallest absolute Gasteiger partial charge is 0.0429 e. The van der Waals surface area contributed by atoms with E-state index in [4.69, 9.17) is 17.3 Å². The molecule has 0 bridgehead atoms. The van der Waals surface area contributed by atoms with Crippen LogP contribution in [0.5, 0.6) is 0 Å². The van der Waals surface area contributed by atoms with Crippen molar-refractivity contribution in [1.29, 1.82) is 0 Å². The van der Waals surface area contributed by atoms with Crippen LogP contribution < -0.4 is 11.1 Å². The summed E-state index contributed by atoms with van der Waals surface area (Å²) >= 11 is 5.94. The molecule has 1 aliphatic rings. The molecule has 88 valence electrons. The number of hydrogen-bond donors (Lipinski definition) is 2. The van der Waals surface area contributed by atoms with E-state index in [1.807, 2.05) is 12.1 Å². The number of nitrogens with one attached hydrogen (secondary N) is 1. The summed E-state index contributed by atoms with van der Waals surface area (Å²) in [5.74, 6) is 1.74. The third kappa shape index (κ3) is 3.39. The van der Waals surface area contributed by atoms with Gasteiger partial charge in [0.2, 0.25) is 0 Å². The molecule has 0 amide bonds. The third-order valence-electron chi connectivity index (χ3n) is 3.20. The second kappa shape index (κ2) is 5.07. The molecule has 0 radical (unpaired) electrons. The van der Waals surface area contributed by atoms with Crippen LogP contribution in [0.25, 0.3) is 0 Å². The molecule has 16 heavy (non-hydrogen) atoms. The monoisotopic (exact) mass is 238 g/mol. The summed E-state index contributed by atoms with van der Waals surface area (Å²) in [7, 11) is 0. The fraction of sp³-hybridized carbons (Fsp3) is 0.538. The molecule has 2 nitrogen and oxygen atoms in total. The maximum atomic E-state index is 5.94. The van der Waals surface area contributed by atoms with E-state index < -0.39 is 0 Å². The van der Waals surface area contributed by atoms with Gasteiger partial charge in [-0.05, 0) is 55.0 Å². The lowest BCUT2D eigenvalue weighted by Crippen LogP contribution is -2.21. The van der Waals surface area contributed by atoms with Gasteiger partial charge in [-0.25, -0.2) is 0 Å². The third-order valence-corrected chi connectivity index (χ3v) is 3.42. The number of nitrogens with two attached hydrogens (primary N) is 1. The molecular weight excluding hydrogens is 220 g/mol. The zero-order valence-electron chi connectivity index (χ0n) is 9.67. The number of rotatable bonds is 5. The second-order valence-electron chi connectivity index (χ2n) is 4.84. The van der Waals surface area contributed by atoms with Crippen LogP contribution >= 0.6 is 11.6 Å². The number of anilines is 1. The molecule has 1 aliphatic carbocycles. The van der Waals surface area contributed by atoms with Crippen molar-refractivity contribution >= 4 is 17.3 Å². The lowest BCUT2D eigenvalue weighted by Gasteiger charge is -2.11. The maximum absolute atomic E-state index is 5.94. The van der Waals surface area contributed by atoms with Gasteiger partial charge in [-0.2, -0.15) is 0 Å². The molecule has 1 atom stereocenters. The van der Waals surface area contributed by atoms with Crippen LogP contribution in [0.15, 0.2) is 18.2 Å².